The van der Waals surface area contributed by atoms with E-state index < -0.39 is 0 Å². The lowest BCUT2D eigenvalue weighted by Crippen LogP contribution is -1.98. The standard InChI is InChI=1S/C10H12N2O3/c1-7-3-8(5-11-13)10(15-2)9(4-7)6-12-14/h3-6,13-14H,1-2H3/b11-5-,12-6-. The van der Waals surface area contributed by atoms with Crippen LogP contribution >= 0.6 is 0 Å². The normalized spacial score (nSPS) is 11.3. The van der Waals surface area contributed by atoms with Crippen LogP contribution in [0.2, 0.25) is 0 Å². The molecule has 0 spiro atoms. The summed E-state index contributed by atoms with van der Waals surface area (Å²) < 4.78 is 5.13. The number of nitrogens with zero attached hydrogens (tertiary/aromatic N) is 2. The van der Waals surface area contributed by atoms with Crippen molar-refractivity contribution in [1.82, 2.24) is 0 Å². The highest BCUT2D eigenvalue weighted by atomic mass is 16.5. The van der Waals surface area contributed by atoms with Crippen molar-refractivity contribution in [3.8, 4) is 5.75 Å². The minimum absolute atomic E-state index is 0.496. The number of aryl methyl sites for hydroxylation is 1. The van der Waals surface area contributed by atoms with Gasteiger partial charge in [0.05, 0.1) is 19.5 Å². The van der Waals surface area contributed by atoms with Crippen LogP contribution in [0.15, 0.2) is 22.4 Å². The summed E-state index contributed by atoms with van der Waals surface area (Å²) in [5.74, 6) is 0.496. The number of rotatable bonds is 3. The molecule has 0 unspecified atom stereocenters. The Hall–Kier alpha value is -2.04. The second-order valence-corrected chi connectivity index (χ2v) is 2.97. The molecule has 0 saturated heterocycles. The van der Waals surface area contributed by atoms with Gasteiger partial charge < -0.3 is 15.2 Å². The van der Waals surface area contributed by atoms with Crippen LogP contribution in [0, 0.1) is 6.92 Å². The maximum absolute atomic E-state index is 8.48. The van der Waals surface area contributed by atoms with E-state index in [4.69, 9.17) is 15.2 Å². The summed E-state index contributed by atoms with van der Waals surface area (Å²) in [6.07, 6.45) is 2.53. The molecule has 0 aliphatic carbocycles. The Labute approximate surface area is 87.3 Å². The van der Waals surface area contributed by atoms with E-state index in [1.54, 1.807) is 12.1 Å². The molecule has 0 aromatic heterocycles. The highest BCUT2D eigenvalue weighted by Crippen LogP contribution is 2.23. The predicted molar refractivity (Wildman–Crippen MR) is 56.5 cm³/mol. The average molecular weight is 208 g/mol. The summed E-state index contributed by atoms with van der Waals surface area (Å²) in [6, 6.07) is 3.60. The predicted octanol–water partition coefficient (Wildman–Crippen LogP) is 1.62. The topological polar surface area (TPSA) is 74.4 Å². The fourth-order valence-corrected chi connectivity index (χ4v) is 1.38. The Morgan fingerprint density at radius 1 is 1.13 bits per heavy atom. The molecule has 0 aliphatic heterocycles. The van der Waals surface area contributed by atoms with Crippen LogP contribution in [0.25, 0.3) is 0 Å². The van der Waals surface area contributed by atoms with Crippen molar-refractivity contribution in [2.75, 3.05) is 7.11 Å². The fourth-order valence-electron chi connectivity index (χ4n) is 1.38. The molecule has 15 heavy (non-hydrogen) atoms. The fraction of sp³-hybridized carbons (Fsp3) is 0.200. The zero-order valence-corrected chi connectivity index (χ0v) is 8.51. The first kappa shape index (κ1) is 11.0. The van der Waals surface area contributed by atoms with Gasteiger partial charge in [-0.2, -0.15) is 0 Å². The Bertz CT molecular complexity index is 367. The van der Waals surface area contributed by atoms with Gasteiger partial charge in [-0.05, 0) is 24.6 Å². The maximum atomic E-state index is 8.48. The van der Waals surface area contributed by atoms with Crippen molar-refractivity contribution in [1.29, 1.82) is 0 Å². The van der Waals surface area contributed by atoms with E-state index in [-0.39, 0.29) is 0 Å². The minimum Gasteiger partial charge on any atom is -0.495 e. The summed E-state index contributed by atoms with van der Waals surface area (Å²) in [6.45, 7) is 1.88. The highest BCUT2D eigenvalue weighted by Gasteiger charge is 2.07. The summed E-state index contributed by atoms with van der Waals surface area (Å²) in [7, 11) is 1.49. The van der Waals surface area contributed by atoms with Crippen molar-refractivity contribution in [2.45, 2.75) is 6.92 Å². The highest BCUT2D eigenvalue weighted by molar-refractivity contribution is 5.92. The Morgan fingerprint density at radius 3 is 1.93 bits per heavy atom. The largest absolute Gasteiger partial charge is 0.495 e. The molecule has 0 saturated carbocycles. The van der Waals surface area contributed by atoms with E-state index in [1.165, 1.54) is 19.5 Å². The first-order chi connectivity index (χ1) is 7.22. The molecule has 0 heterocycles. The van der Waals surface area contributed by atoms with Crippen LogP contribution in [0.4, 0.5) is 0 Å². The lowest BCUT2D eigenvalue weighted by atomic mass is 10.1. The quantitative estimate of drug-likeness (QED) is 0.450. The molecule has 5 heteroatoms. The SMILES string of the molecule is COc1c(/C=N\O)cc(C)cc1/C=N\O. The van der Waals surface area contributed by atoms with Gasteiger partial charge >= 0.3 is 0 Å². The smallest absolute Gasteiger partial charge is 0.136 e. The number of oxime groups is 2. The van der Waals surface area contributed by atoms with E-state index in [2.05, 4.69) is 10.3 Å². The monoisotopic (exact) mass is 208 g/mol. The number of benzene rings is 1. The zero-order valence-electron chi connectivity index (χ0n) is 8.51. The summed E-state index contributed by atoms with van der Waals surface area (Å²) in [5, 5.41) is 22.9. The summed E-state index contributed by atoms with van der Waals surface area (Å²) in [4.78, 5) is 0. The van der Waals surface area contributed by atoms with Gasteiger partial charge in [-0.3, -0.25) is 0 Å². The van der Waals surface area contributed by atoms with Crippen molar-refractivity contribution in [3.05, 3.63) is 28.8 Å². The average Bonchev–Trinajstić information content (AvgIpc) is 2.18. The molecule has 0 fully saturated rings. The second-order valence-electron chi connectivity index (χ2n) is 2.97. The van der Waals surface area contributed by atoms with Crippen LogP contribution < -0.4 is 4.74 Å². The summed E-state index contributed by atoms with van der Waals surface area (Å²) in [5.41, 5.74) is 2.19. The molecular weight excluding hydrogens is 196 g/mol. The second kappa shape index (κ2) is 4.99. The minimum atomic E-state index is 0.496. The van der Waals surface area contributed by atoms with Crippen molar-refractivity contribution < 1.29 is 15.2 Å². The van der Waals surface area contributed by atoms with Gasteiger partial charge in [0.25, 0.3) is 0 Å². The van der Waals surface area contributed by atoms with Crippen LogP contribution in [-0.4, -0.2) is 30.0 Å². The number of hydrogen-bond acceptors (Lipinski definition) is 5. The van der Waals surface area contributed by atoms with Gasteiger partial charge in [-0.15, -0.1) is 0 Å². The molecule has 0 aliphatic rings. The van der Waals surface area contributed by atoms with Gasteiger partial charge in [-0.25, -0.2) is 0 Å². The Morgan fingerprint density at radius 2 is 1.60 bits per heavy atom. The van der Waals surface area contributed by atoms with E-state index in [9.17, 15) is 0 Å². The number of methoxy groups -OCH3 is 1. The van der Waals surface area contributed by atoms with Crippen LogP contribution in [0.5, 0.6) is 5.75 Å². The Kier molecular flexibility index (Phi) is 3.68. The van der Waals surface area contributed by atoms with Gasteiger partial charge in [0.1, 0.15) is 5.75 Å². The van der Waals surface area contributed by atoms with Crippen molar-refractivity contribution in [3.63, 3.8) is 0 Å². The maximum Gasteiger partial charge on any atom is 0.136 e. The van der Waals surface area contributed by atoms with Gasteiger partial charge in [0.2, 0.25) is 0 Å². The van der Waals surface area contributed by atoms with E-state index in [1.807, 2.05) is 6.92 Å². The lowest BCUT2D eigenvalue weighted by molar-refractivity contribution is 0.321. The van der Waals surface area contributed by atoms with Crippen molar-refractivity contribution >= 4 is 12.4 Å². The molecular formula is C10H12N2O3. The van der Waals surface area contributed by atoms with E-state index in [0.29, 0.717) is 16.9 Å². The van der Waals surface area contributed by atoms with Crippen LogP contribution in [-0.2, 0) is 0 Å². The molecule has 0 amide bonds. The molecule has 0 atom stereocenters. The first-order valence-electron chi connectivity index (χ1n) is 4.26. The van der Waals surface area contributed by atoms with E-state index in [0.717, 1.165) is 5.56 Å². The third-order valence-electron chi connectivity index (χ3n) is 1.89. The molecule has 0 radical (unpaired) electrons. The third-order valence-corrected chi connectivity index (χ3v) is 1.89. The van der Waals surface area contributed by atoms with Crippen molar-refractivity contribution in [2.24, 2.45) is 10.3 Å². The first-order valence-corrected chi connectivity index (χ1v) is 4.26. The molecule has 0 bridgehead atoms. The van der Waals surface area contributed by atoms with Gasteiger partial charge in [0, 0.05) is 11.1 Å². The number of hydrogen-bond donors (Lipinski definition) is 2. The van der Waals surface area contributed by atoms with Crippen LogP contribution in [0.3, 0.4) is 0 Å². The van der Waals surface area contributed by atoms with Crippen LogP contribution in [0.1, 0.15) is 16.7 Å². The summed E-state index contributed by atoms with van der Waals surface area (Å²) >= 11 is 0. The van der Waals surface area contributed by atoms with E-state index >= 15 is 0 Å². The van der Waals surface area contributed by atoms with Gasteiger partial charge in [-0.1, -0.05) is 10.3 Å². The molecule has 2 N–H and O–H groups in total. The zero-order chi connectivity index (χ0) is 11.3. The Balaban J connectivity index is 3.37. The molecule has 1 aromatic carbocycles. The lowest BCUT2D eigenvalue weighted by Gasteiger charge is -2.08. The van der Waals surface area contributed by atoms with Gasteiger partial charge in [0.15, 0.2) is 0 Å². The molecule has 80 valence electrons. The molecule has 5 nitrogen and oxygen atoms in total. The molecule has 1 aromatic rings. The molecule has 1 rings (SSSR count). The number of ether oxygens (including phenoxy) is 1. The third kappa shape index (κ3) is 2.46.